The highest BCUT2D eigenvalue weighted by atomic mass is 16.6. The number of ether oxygens (including phenoxy) is 1. The smallest absolute Gasteiger partial charge is 0.420 e. The van der Waals surface area contributed by atoms with Crippen LogP contribution in [0, 0.1) is 0 Å². The standard InChI is InChI=1S/C27H38N3O3/c1-3-5-12-23-20-28(26(31)25-14-9-11-22-10-7-8-13-24(22)25)15-16-29(23)21-30(17-18-30)27(32)33-19-6-4-2/h7-11,13-14,23H,3-6,12,15-21H2,1-2H3/q+1/t23-/m0/s1. The third-order valence-electron chi connectivity index (χ3n) is 7.13. The SMILES string of the molecule is CCCCOC(=O)[N+]1(CN2CCN(C(=O)c3cccc4ccccc34)C[C@@H]2CCCC)CC1. The number of carbonyl (C=O) groups is 2. The van der Waals surface area contributed by atoms with E-state index < -0.39 is 0 Å². The molecule has 2 aliphatic heterocycles. The van der Waals surface area contributed by atoms with E-state index in [0.29, 0.717) is 30.8 Å². The van der Waals surface area contributed by atoms with Crippen molar-refractivity contribution >= 4 is 22.8 Å². The van der Waals surface area contributed by atoms with Crippen LogP contribution in [-0.4, -0.2) is 78.3 Å². The molecule has 6 nitrogen and oxygen atoms in total. The Morgan fingerprint density at radius 1 is 1.00 bits per heavy atom. The third-order valence-corrected chi connectivity index (χ3v) is 7.13. The number of rotatable bonds is 9. The van der Waals surface area contributed by atoms with Crippen molar-refractivity contribution in [3.05, 3.63) is 48.0 Å². The van der Waals surface area contributed by atoms with Crippen LogP contribution in [0.1, 0.15) is 56.3 Å². The van der Waals surface area contributed by atoms with E-state index in [2.05, 4.69) is 30.9 Å². The van der Waals surface area contributed by atoms with Gasteiger partial charge in [0.25, 0.3) is 5.91 Å². The molecule has 1 atom stereocenters. The zero-order valence-corrected chi connectivity index (χ0v) is 20.2. The fraction of sp³-hybridized carbons (Fsp3) is 0.556. The van der Waals surface area contributed by atoms with E-state index in [-0.39, 0.29) is 18.0 Å². The Labute approximate surface area is 197 Å². The zero-order chi connectivity index (χ0) is 23.3. The zero-order valence-electron chi connectivity index (χ0n) is 20.2. The second-order valence-electron chi connectivity index (χ2n) is 9.59. The highest BCUT2D eigenvalue weighted by Crippen LogP contribution is 2.28. The molecular weight excluding hydrogens is 414 g/mol. The number of fused-ring (bicyclic) bond motifs is 1. The van der Waals surface area contributed by atoms with Crippen LogP contribution in [0.2, 0.25) is 0 Å². The summed E-state index contributed by atoms with van der Waals surface area (Å²) in [6.07, 6.45) is 5.16. The normalized spacial score (nSPS) is 20.1. The Morgan fingerprint density at radius 3 is 2.52 bits per heavy atom. The number of hydrogen-bond acceptors (Lipinski definition) is 4. The van der Waals surface area contributed by atoms with Crippen LogP contribution in [0.25, 0.3) is 10.8 Å². The first kappa shape index (κ1) is 23.7. The lowest BCUT2D eigenvalue weighted by atomic mass is 10.0. The molecule has 2 amide bonds. The number of piperazine rings is 1. The molecule has 6 heteroatoms. The maximum Gasteiger partial charge on any atom is 0.517 e. The Morgan fingerprint density at radius 2 is 1.76 bits per heavy atom. The fourth-order valence-electron chi connectivity index (χ4n) is 4.85. The summed E-state index contributed by atoms with van der Waals surface area (Å²) in [5.74, 6) is 0.113. The topological polar surface area (TPSA) is 49.9 Å². The van der Waals surface area contributed by atoms with E-state index in [9.17, 15) is 9.59 Å². The molecule has 0 saturated carbocycles. The van der Waals surface area contributed by atoms with E-state index in [0.717, 1.165) is 68.1 Å². The number of carbonyl (C=O) groups excluding carboxylic acids is 2. The molecule has 0 N–H and O–H groups in total. The van der Waals surface area contributed by atoms with Gasteiger partial charge in [-0.3, -0.25) is 4.79 Å². The van der Waals surface area contributed by atoms with Gasteiger partial charge in [0.2, 0.25) is 0 Å². The molecule has 0 unspecified atom stereocenters. The number of hydrogen-bond donors (Lipinski definition) is 0. The van der Waals surface area contributed by atoms with Gasteiger partial charge in [-0.15, -0.1) is 0 Å². The van der Waals surface area contributed by atoms with E-state index >= 15 is 0 Å². The van der Waals surface area contributed by atoms with Crippen LogP contribution in [0.5, 0.6) is 0 Å². The van der Waals surface area contributed by atoms with Crippen molar-refractivity contribution in [2.45, 2.75) is 52.0 Å². The molecule has 33 heavy (non-hydrogen) atoms. The van der Waals surface area contributed by atoms with Crippen LogP contribution < -0.4 is 0 Å². The fourth-order valence-corrected chi connectivity index (χ4v) is 4.85. The van der Waals surface area contributed by atoms with Gasteiger partial charge in [-0.1, -0.05) is 69.5 Å². The summed E-state index contributed by atoms with van der Waals surface area (Å²) in [5, 5.41) is 2.11. The number of unbranched alkanes of at least 4 members (excludes halogenated alkanes) is 2. The Kier molecular flexibility index (Phi) is 7.66. The first-order valence-corrected chi connectivity index (χ1v) is 12.6. The van der Waals surface area contributed by atoms with Crippen molar-refractivity contribution in [1.82, 2.24) is 9.80 Å². The average molecular weight is 453 g/mol. The molecule has 2 aliphatic rings. The molecule has 4 rings (SSSR count). The second kappa shape index (κ2) is 10.7. The number of nitrogens with zero attached hydrogens (tertiary/aromatic N) is 3. The molecular formula is C27H38N3O3+. The van der Waals surface area contributed by atoms with Gasteiger partial charge < -0.3 is 9.64 Å². The summed E-state index contributed by atoms with van der Waals surface area (Å²) in [6, 6.07) is 14.3. The van der Waals surface area contributed by atoms with Crippen LogP contribution >= 0.6 is 0 Å². The molecule has 2 saturated heterocycles. The monoisotopic (exact) mass is 452 g/mol. The van der Waals surface area contributed by atoms with Crippen molar-refractivity contribution in [2.75, 3.05) is 46.0 Å². The average Bonchev–Trinajstić information content (AvgIpc) is 3.63. The van der Waals surface area contributed by atoms with E-state index in [1.54, 1.807) is 0 Å². The maximum atomic E-state index is 13.5. The quantitative estimate of drug-likeness (QED) is 0.309. The van der Waals surface area contributed by atoms with Crippen molar-refractivity contribution in [3.63, 3.8) is 0 Å². The minimum absolute atomic E-state index is 0.0769. The van der Waals surface area contributed by atoms with Crippen LogP contribution in [0.3, 0.4) is 0 Å². The maximum absolute atomic E-state index is 13.5. The highest BCUT2D eigenvalue weighted by Gasteiger charge is 2.54. The molecule has 0 aromatic heterocycles. The van der Waals surface area contributed by atoms with Crippen LogP contribution in [0.4, 0.5) is 4.79 Å². The number of benzene rings is 2. The van der Waals surface area contributed by atoms with Crippen molar-refractivity contribution in [1.29, 1.82) is 0 Å². The summed E-state index contributed by atoms with van der Waals surface area (Å²) < 4.78 is 5.99. The van der Waals surface area contributed by atoms with Gasteiger partial charge in [-0.25, -0.2) is 4.90 Å². The van der Waals surface area contributed by atoms with E-state index in [4.69, 9.17) is 4.74 Å². The summed E-state index contributed by atoms with van der Waals surface area (Å²) in [4.78, 5) is 30.7. The Balaban J connectivity index is 1.45. The van der Waals surface area contributed by atoms with E-state index in [1.807, 2.05) is 35.2 Å². The first-order valence-electron chi connectivity index (χ1n) is 12.6. The number of amides is 2. The van der Waals surface area contributed by atoms with Gasteiger partial charge in [0.05, 0.1) is 6.61 Å². The van der Waals surface area contributed by atoms with Gasteiger partial charge in [0.15, 0.2) is 0 Å². The lowest BCUT2D eigenvalue weighted by molar-refractivity contribution is -0.737. The summed E-state index contributed by atoms with van der Waals surface area (Å²) in [7, 11) is 0. The van der Waals surface area contributed by atoms with Gasteiger partial charge in [-0.05, 0) is 29.7 Å². The first-order chi connectivity index (χ1) is 16.1. The predicted octanol–water partition coefficient (Wildman–Crippen LogP) is 4.88. The molecule has 0 bridgehead atoms. The minimum atomic E-state index is -0.0769. The molecule has 0 radical (unpaired) electrons. The third kappa shape index (κ3) is 5.39. The Hall–Kier alpha value is -2.44. The minimum Gasteiger partial charge on any atom is -0.420 e. The second-order valence-corrected chi connectivity index (χ2v) is 9.59. The molecule has 2 aromatic carbocycles. The lowest BCUT2D eigenvalue weighted by Gasteiger charge is -2.42. The summed E-state index contributed by atoms with van der Waals surface area (Å²) in [6.45, 7) is 9.46. The molecule has 2 aromatic rings. The van der Waals surface area contributed by atoms with Crippen molar-refractivity contribution < 1.29 is 18.8 Å². The van der Waals surface area contributed by atoms with E-state index in [1.165, 1.54) is 0 Å². The molecule has 0 spiro atoms. The van der Waals surface area contributed by atoms with Crippen molar-refractivity contribution in [2.24, 2.45) is 0 Å². The van der Waals surface area contributed by atoms with Gasteiger partial charge in [0, 0.05) is 31.2 Å². The van der Waals surface area contributed by atoms with Crippen molar-refractivity contribution in [3.8, 4) is 0 Å². The molecule has 0 aliphatic carbocycles. The Bertz CT molecular complexity index is 967. The van der Waals surface area contributed by atoms with Gasteiger partial charge in [-0.2, -0.15) is 9.28 Å². The number of quaternary nitrogens is 1. The molecule has 2 heterocycles. The van der Waals surface area contributed by atoms with Gasteiger partial charge in [0.1, 0.15) is 19.8 Å². The highest BCUT2D eigenvalue weighted by molar-refractivity contribution is 6.07. The predicted molar refractivity (Wildman–Crippen MR) is 131 cm³/mol. The largest absolute Gasteiger partial charge is 0.517 e. The summed E-state index contributed by atoms with van der Waals surface area (Å²) >= 11 is 0. The van der Waals surface area contributed by atoms with Gasteiger partial charge >= 0.3 is 6.09 Å². The van der Waals surface area contributed by atoms with Crippen LogP contribution in [-0.2, 0) is 4.74 Å². The summed E-state index contributed by atoms with van der Waals surface area (Å²) in [5.41, 5.74) is 0.782. The van der Waals surface area contributed by atoms with Crippen LogP contribution in [0.15, 0.2) is 42.5 Å². The molecule has 178 valence electrons. The molecule has 2 fully saturated rings. The lowest BCUT2D eigenvalue weighted by Crippen LogP contribution is -2.58.